The van der Waals surface area contributed by atoms with Crippen molar-refractivity contribution in [1.29, 1.82) is 0 Å². The Morgan fingerprint density at radius 3 is 2.61 bits per heavy atom. The van der Waals surface area contributed by atoms with Crippen LogP contribution in [0.5, 0.6) is 0 Å². The van der Waals surface area contributed by atoms with E-state index in [1.165, 1.54) is 17.3 Å². The van der Waals surface area contributed by atoms with Crippen LogP contribution in [0.3, 0.4) is 0 Å². The van der Waals surface area contributed by atoms with Gasteiger partial charge in [0.05, 0.1) is 12.0 Å². The SMILES string of the molecule is CC(C)c1ccc(C=NN=C2NC(=O)CS2)cc1. The summed E-state index contributed by atoms with van der Waals surface area (Å²) in [4.78, 5) is 10.9. The first-order chi connectivity index (χ1) is 8.65. The second-order valence-corrected chi connectivity index (χ2v) is 5.27. The van der Waals surface area contributed by atoms with Crippen molar-refractivity contribution in [3.8, 4) is 0 Å². The number of carbonyl (C=O) groups is 1. The van der Waals surface area contributed by atoms with E-state index >= 15 is 0 Å². The number of amides is 1. The number of nitrogens with zero attached hydrogens (tertiary/aromatic N) is 2. The van der Waals surface area contributed by atoms with Crippen LogP contribution in [0.2, 0.25) is 0 Å². The van der Waals surface area contributed by atoms with Crippen LogP contribution in [-0.4, -0.2) is 23.0 Å². The van der Waals surface area contributed by atoms with Crippen LogP contribution in [-0.2, 0) is 4.79 Å². The van der Waals surface area contributed by atoms with E-state index in [1.807, 2.05) is 12.1 Å². The summed E-state index contributed by atoms with van der Waals surface area (Å²) in [7, 11) is 0. The molecule has 1 heterocycles. The summed E-state index contributed by atoms with van der Waals surface area (Å²) in [5.74, 6) is 0.939. The fourth-order valence-corrected chi connectivity index (χ4v) is 2.13. The van der Waals surface area contributed by atoms with Crippen molar-refractivity contribution in [2.75, 3.05) is 5.75 Å². The Kier molecular flexibility index (Phi) is 4.15. The number of hydrogen-bond donors (Lipinski definition) is 1. The molecule has 4 nitrogen and oxygen atoms in total. The predicted molar refractivity (Wildman–Crippen MR) is 76.2 cm³/mol. The van der Waals surface area contributed by atoms with E-state index in [1.54, 1.807) is 6.21 Å². The number of rotatable bonds is 3. The first kappa shape index (κ1) is 12.8. The van der Waals surface area contributed by atoms with Gasteiger partial charge in [-0.25, -0.2) is 0 Å². The summed E-state index contributed by atoms with van der Waals surface area (Å²) in [6.07, 6.45) is 1.68. The lowest BCUT2D eigenvalue weighted by atomic mass is 10.0. The van der Waals surface area contributed by atoms with Gasteiger partial charge in [-0.2, -0.15) is 5.10 Å². The van der Waals surface area contributed by atoms with E-state index < -0.39 is 0 Å². The topological polar surface area (TPSA) is 53.8 Å². The number of amidine groups is 1. The maximum absolute atomic E-state index is 10.9. The highest BCUT2D eigenvalue weighted by molar-refractivity contribution is 8.15. The van der Waals surface area contributed by atoms with E-state index in [2.05, 4.69) is 41.5 Å². The molecule has 1 amide bonds. The lowest BCUT2D eigenvalue weighted by Crippen LogP contribution is -2.19. The fourth-order valence-electron chi connectivity index (χ4n) is 1.49. The second kappa shape index (κ2) is 5.82. The molecule has 0 aliphatic carbocycles. The molecule has 0 saturated carbocycles. The highest BCUT2D eigenvalue weighted by atomic mass is 32.2. The smallest absolute Gasteiger partial charge is 0.236 e. The zero-order valence-electron chi connectivity index (χ0n) is 10.4. The first-order valence-corrected chi connectivity index (χ1v) is 6.77. The number of thioether (sulfide) groups is 1. The molecule has 0 spiro atoms. The average Bonchev–Trinajstić information content (AvgIpc) is 2.76. The van der Waals surface area contributed by atoms with Crippen molar-refractivity contribution < 1.29 is 4.79 Å². The van der Waals surface area contributed by atoms with E-state index in [9.17, 15) is 4.79 Å². The molecular weight excluding hydrogens is 246 g/mol. The lowest BCUT2D eigenvalue weighted by Gasteiger charge is -2.03. The van der Waals surface area contributed by atoms with Gasteiger partial charge in [-0.1, -0.05) is 49.9 Å². The minimum Gasteiger partial charge on any atom is -0.303 e. The largest absolute Gasteiger partial charge is 0.303 e. The molecule has 2 rings (SSSR count). The fraction of sp³-hybridized carbons (Fsp3) is 0.308. The summed E-state index contributed by atoms with van der Waals surface area (Å²) in [5.41, 5.74) is 2.30. The minimum atomic E-state index is -0.0183. The summed E-state index contributed by atoms with van der Waals surface area (Å²) in [5, 5.41) is 11.1. The van der Waals surface area contributed by atoms with E-state index in [0.29, 0.717) is 16.8 Å². The summed E-state index contributed by atoms with van der Waals surface area (Å²) >= 11 is 1.37. The molecule has 1 aromatic carbocycles. The Bertz CT molecular complexity index is 491. The Labute approximate surface area is 111 Å². The number of benzene rings is 1. The zero-order chi connectivity index (χ0) is 13.0. The van der Waals surface area contributed by atoms with Crippen LogP contribution in [0.25, 0.3) is 0 Å². The molecule has 5 heteroatoms. The molecule has 1 fully saturated rings. The Balaban J connectivity index is 1.99. The van der Waals surface area contributed by atoms with E-state index in [0.717, 1.165) is 5.56 Å². The molecule has 0 unspecified atom stereocenters. The van der Waals surface area contributed by atoms with Crippen molar-refractivity contribution in [2.24, 2.45) is 10.2 Å². The Hall–Kier alpha value is -1.62. The third kappa shape index (κ3) is 3.43. The van der Waals surface area contributed by atoms with Gasteiger partial charge in [0.25, 0.3) is 0 Å². The molecule has 1 aromatic rings. The van der Waals surface area contributed by atoms with Crippen LogP contribution in [0.15, 0.2) is 34.5 Å². The van der Waals surface area contributed by atoms with Gasteiger partial charge in [-0.05, 0) is 17.0 Å². The summed E-state index contributed by atoms with van der Waals surface area (Å²) in [6, 6.07) is 8.20. The molecule has 18 heavy (non-hydrogen) atoms. The standard InChI is InChI=1S/C13H15N3OS/c1-9(2)11-5-3-10(4-6-11)7-14-16-13-15-12(17)8-18-13/h3-7,9H,8H2,1-2H3,(H,15,16,17). The van der Waals surface area contributed by atoms with Crippen LogP contribution < -0.4 is 5.32 Å². The van der Waals surface area contributed by atoms with Crippen LogP contribution in [0, 0.1) is 0 Å². The normalized spacial score (nSPS) is 17.9. The monoisotopic (exact) mass is 261 g/mol. The van der Waals surface area contributed by atoms with Gasteiger partial charge in [-0.15, -0.1) is 5.10 Å². The Morgan fingerprint density at radius 2 is 2.06 bits per heavy atom. The van der Waals surface area contributed by atoms with Gasteiger partial charge >= 0.3 is 0 Å². The number of carbonyl (C=O) groups excluding carboxylic acids is 1. The summed E-state index contributed by atoms with van der Waals surface area (Å²) in [6.45, 7) is 4.32. The molecule has 1 saturated heterocycles. The quantitative estimate of drug-likeness (QED) is 0.671. The minimum absolute atomic E-state index is 0.0183. The molecule has 1 N–H and O–H groups in total. The van der Waals surface area contributed by atoms with Crippen LogP contribution >= 0.6 is 11.8 Å². The zero-order valence-corrected chi connectivity index (χ0v) is 11.2. The molecular formula is C13H15N3OS. The first-order valence-electron chi connectivity index (χ1n) is 5.79. The molecule has 0 radical (unpaired) electrons. The van der Waals surface area contributed by atoms with Gasteiger partial charge in [0.2, 0.25) is 5.91 Å². The molecule has 1 aliphatic rings. The molecule has 0 bridgehead atoms. The highest BCUT2D eigenvalue weighted by Crippen LogP contribution is 2.14. The van der Waals surface area contributed by atoms with Crippen molar-refractivity contribution in [2.45, 2.75) is 19.8 Å². The van der Waals surface area contributed by atoms with Gasteiger partial charge in [0.15, 0.2) is 5.17 Å². The lowest BCUT2D eigenvalue weighted by molar-refractivity contribution is -0.116. The molecule has 1 aliphatic heterocycles. The third-order valence-corrected chi connectivity index (χ3v) is 3.41. The van der Waals surface area contributed by atoms with Gasteiger partial charge in [-0.3, -0.25) is 4.79 Å². The van der Waals surface area contributed by atoms with Crippen LogP contribution in [0.1, 0.15) is 30.9 Å². The average molecular weight is 261 g/mol. The van der Waals surface area contributed by atoms with Crippen molar-refractivity contribution >= 4 is 29.1 Å². The molecule has 0 aromatic heterocycles. The number of hydrogen-bond acceptors (Lipinski definition) is 4. The second-order valence-electron chi connectivity index (χ2n) is 4.31. The van der Waals surface area contributed by atoms with Gasteiger partial charge in [0, 0.05) is 0 Å². The van der Waals surface area contributed by atoms with Crippen molar-refractivity contribution in [3.05, 3.63) is 35.4 Å². The van der Waals surface area contributed by atoms with E-state index in [4.69, 9.17) is 0 Å². The maximum Gasteiger partial charge on any atom is 0.236 e. The van der Waals surface area contributed by atoms with Crippen molar-refractivity contribution in [1.82, 2.24) is 5.32 Å². The Morgan fingerprint density at radius 1 is 1.33 bits per heavy atom. The van der Waals surface area contributed by atoms with E-state index in [-0.39, 0.29) is 5.91 Å². The summed E-state index contributed by atoms with van der Waals surface area (Å²) < 4.78 is 0. The molecule has 94 valence electrons. The molecule has 0 atom stereocenters. The highest BCUT2D eigenvalue weighted by Gasteiger charge is 2.15. The van der Waals surface area contributed by atoms with Gasteiger partial charge < -0.3 is 5.32 Å². The predicted octanol–water partition coefficient (Wildman–Crippen LogP) is 2.36. The number of nitrogens with one attached hydrogen (secondary N) is 1. The van der Waals surface area contributed by atoms with Crippen molar-refractivity contribution in [3.63, 3.8) is 0 Å². The maximum atomic E-state index is 10.9. The third-order valence-electron chi connectivity index (χ3n) is 2.54. The van der Waals surface area contributed by atoms with Crippen LogP contribution in [0.4, 0.5) is 0 Å². The van der Waals surface area contributed by atoms with Gasteiger partial charge in [0.1, 0.15) is 0 Å².